The van der Waals surface area contributed by atoms with Gasteiger partial charge in [0.15, 0.2) is 0 Å². The second-order valence-corrected chi connectivity index (χ2v) is 4.27. The molecule has 0 aliphatic carbocycles. The summed E-state index contributed by atoms with van der Waals surface area (Å²) < 4.78 is 1.86. The van der Waals surface area contributed by atoms with Crippen molar-refractivity contribution in [1.82, 2.24) is 15.1 Å². The fourth-order valence-electron chi connectivity index (χ4n) is 1.68. The zero-order chi connectivity index (χ0) is 11.1. The summed E-state index contributed by atoms with van der Waals surface area (Å²) in [6.45, 7) is 5.55. The maximum absolute atomic E-state index is 4.15. The van der Waals surface area contributed by atoms with Gasteiger partial charge in [-0.05, 0) is 31.9 Å². The summed E-state index contributed by atoms with van der Waals surface area (Å²) in [7, 11) is 1.96. The van der Waals surface area contributed by atoms with Gasteiger partial charge in [-0.3, -0.25) is 4.68 Å². The minimum Gasteiger partial charge on any atom is -0.314 e. The summed E-state index contributed by atoms with van der Waals surface area (Å²) in [6, 6.07) is 0.640. The van der Waals surface area contributed by atoms with Gasteiger partial charge in [-0.2, -0.15) is 5.10 Å². The molecule has 1 N–H and O–H groups in total. The third kappa shape index (κ3) is 4.98. The smallest absolute Gasteiger partial charge is 0.0522 e. The van der Waals surface area contributed by atoms with Crippen LogP contribution in [0.2, 0.25) is 0 Å². The molecule has 0 bridgehead atoms. The first-order valence-electron chi connectivity index (χ1n) is 5.93. The summed E-state index contributed by atoms with van der Waals surface area (Å²) in [5, 5.41) is 7.69. The molecular formula is C12H23N3. The number of hydrogen-bond acceptors (Lipinski definition) is 2. The van der Waals surface area contributed by atoms with Crippen LogP contribution in [0, 0.1) is 0 Å². The van der Waals surface area contributed by atoms with E-state index in [1.165, 1.54) is 24.8 Å². The van der Waals surface area contributed by atoms with E-state index in [4.69, 9.17) is 0 Å². The molecule has 0 aromatic carbocycles. The third-order valence-electron chi connectivity index (χ3n) is 2.66. The summed E-state index contributed by atoms with van der Waals surface area (Å²) in [5.74, 6) is 0. The number of nitrogens with one attached hydrogen (secondary N) is 1. The van der Waals surface area contributed by atoms with Crippen LogP contribution in [-0.2, 0) is 13.5 Å². The molecule has 0 fully saturated rings. The van der Waals surface area contributed by atoms with Crippen LogP contribution < -0.4 is 5.32 Å². The van der Waals surface area contributed by atoms with Crippen molar-refractivity contribution in [1.29, 1.82) is 0 Å². The molecule has 3 heteroatoms. The number of rotatable bonds is 7. The lowest BCUT2D eigenvalue weighted by molar-refractivity contribution is 0.498. The van der Waals surface area contributed by atoms with Crippen molar-refractivity contribution in [2.24, 2.45) is 7.05 Å². The fraction of sp³-hybridized carbons (Fsp3) is 0.750. The molecular weight excluding hydrogens is 186 g/mol. The molecule has 0 amide bonds. The van der Waals surface area contributed by atoms with Crippen LogP contribution in [0.25, 0.3) is 0 Å². The Bertz CT molecular complexity index is 268. The van der Waals surface area contributed by atoms with Crippen LogP contribution >= 0.6 is 0 Å². The van der Waals surface area contributed by atoms with E-state index in [1.54, 1.807) is 0 Å². The molecule has 0 radical (unpaired) electrons. The Hall–Kier alpha value is -0.830. The highest BCUT2D eigenvalue weighted by Gasteiger charge is 2.00. The molecule has 1 aromatic rings. The van der Waals surface area contributed by atoms with Gasteiger partial charge in [0.2, 0.25) is 0 Å². The summed E-state index contributed by atoms with van der Waals surface area (Å²) in [6.07, 6.45) is 8.99. The maximum Gasteiger partial charge on any atom is 0.0522 e. The number of aromatic nitrogens is 2. The van der Waals surface area contributed by atoms with Crippen molar-refractivity contribution in [3.05, 3.63) is 18.0 Å². The molecule has 1 unspecified atom stereocenters. The predicted octanol–water partition coefficient (Wildman–Crippen LogP) is 2.13. The maximum atomic E-state index is 4.15. The van der Waals surface area contributed by atoms with Gasteiger partial charge in [0.25, 0.3) is 0 Å². The number of nitrogens with zero attached hydrogens (tertiary/aromatic N) is 2. The first-order valence-corrected chi connectivity index (χ1v) is 5.93. The van der Waals surface area contributed by atoms with E-state index in [-0.39, 0.29) is 0 Å². The topological polar surface area (TPSA) is 29.9 Å². The molecule has 0 aliphatic rings. The Morgan fingerprint density at radius 2 is 2.33 bits per heavy atom. The summed E-state index contributed by atoms with van der Waals surface area (Å²) in [4.78, 5) is 0. The minimum absolute atomic E-state index is 0.640. The number of aryl methyl sites for hydroxylation is 1. The largest absolute Gasteiger partial charge is 0.314 e. The molecule has 0 aliphatic heterocycles. The van der Waals surface area contributed by atoms with Crippen molar-refractivity contribution < 1.29 is 0 Å². The van der Waals surface area contributed by atoms with Crippen LogP contribution in [0.3, 0.4) is 0 Å². The first-order chi connectivity index (χ1) is 7.22. The second-order valence-electron chi connectivity index (χ2n) is 4.27. The van der Waals surface area contributed by atoms with Crippen molar-refractivity contribution in [2.75, 3.05) is 6.54 Å². The molecule has 86 valence electrons. The summed E-state index contributed by atoms with van der Waals surface area (Å²) >= 11 is 0. The highest BCUT2D eigenvalue weighted by Crippen LogP contribution is 2.00. The average molecular weight is 209 g/mol. The van der Waals surface area contributed by atoms with E-state index >= 15 is 0 Å². The Kier molecular flexibility index (Phi) is 5.40. The molecule has 0 saturated heterocycles. The zero-order valence-corrected chi connectivity index (χ0v) is 10.2. The number of hydrogen-bond donors (Lipinski definition) is 1. The monoisotopic (exact) mass is 209 g/mol. The third-order valence-corrected chi connectivity index (χ3v) is 2.66. The van der Waals surface area contributed by atoms with E-state index in [0.717, 1.165) is 13.0 Å². The highest BCUT2D eigenvalue weighted by molar-refractivity contribution is 5.03. The van der Waals surface area contributed by atoms with Crippen LogP contribution in [0.15, 0.2) is 12.4 Å². The molecule has 0 spiro atoms. The Morgan fingerprint density at radius 3 is 2.93 bits per heavy atom. The predicted molar refractivity (Wildman–Crippen MR) is 63.9 cm³/mol. The lowest BCUT2D eigenvalue weighted by Crippen LogP contribution is -2.27. The van der Waals surface area contributed by atoms with Crippen molar-refractivity contribution in [3.8, 4) is 0 Å². The fourth-order valence-corrected chi connectivity index (χ4v) is 1.68. The van der Waals surface area contributed by atoms with Crippen LogP contribution in [0.4, 0.5) is 0 Å². The molecule has 0 saturated carbocycles. The SMILES string of the molecule is CCCCC(C)NCCc1cnn(C)c1. The normalized spacial score (nSPS) is 13.0. The van der Waals surface area contributed by atoms with Gasteiger partial charge < -0.3 is 5.32 Å². The second kappa shape index (κ2) is 6.62. The average Bonchev–Trinajstić information content (AvgIpc) is 2.61. The van der Waals surface area contributed by atoms with Crippen molar-refractivity contribution in [2.45, 2.75) is 45.6 Å². The van der Waals surface area contributed by atoms with Crippen LogP contribution in [0.5, 0.6) is 0 Å². The molecule has 1 rings (SSSR count). The van der Waals surface area contributed by atoms with E-state index in [9.17, 15) is 0 Å². The molecule has 1 atom stereocenters. The standard InChI is InChI=1S/C12H23N3/c1-4-5-6-11(2)13-8-7-12-9-14-15(3)10-12/h9-11,13H,4-8H2,1-3H3. The minimum atomic E-state index is 0.640. The number of unbranched alkanes of at least 4 members (excludes halogenated alkanes) is 1. The Labute approximate surface area is 92.9 Å². The van der Waals surface area contributed by atoms with Gasteiger partial charge >= 0.3 is 0 Å². The van der Waals surface area contributed by atoms with Gasteiger partial charge in [0.1, 0.15) is 0 Å². The van der Waals surface area contributed by atoms with Crippen LogP contribution in [0.1, 0.15) is 38.7 Å². The van der Waals surface area contributed by atoms with Crippen molar-refractivity contribution >= 4 is 0 Å². The van der Waals surface area contributed by atoms with Gasteiger partial charge in [0.05, 0.1) is 6.20 Å². The Morgan fingerprint density at radius 1 is 1.53 bits per heavy atom. The lowest BCUT2D eigenvalue weighted by atomic mass is 10.1. The van der Waals surface area contributed by atoms with E-state index in [0.29, 0.717) is 6.04 Å². The molecule has 1 aromatic heterocycles. The van der Waals surface area contributed by atoms with Crippen molar-refractivity contribution in [3.63, 3.8) is 0 Å². The van der Waals surface area contributed by atoms with E-state index in [2.05, 4.69) is 30.5 Å². The first kappa shape index (κ1) is 12.2. The van der Waals surface area contributed by atoms with E-state index in [1.807, 2.05) is 17.9 Å². The zero-order valence-electron chi connectivity index (χ0n) is 10.2. The highest BCUT2D eigenvalue weighted by atomic mass is 15.2. The molecule has 3 nitrogen and oxygen atoms in total. The Balaban J connectivity index is 2.10. The van der Waals surface area contributed by atoms with Gasteiger partial charge in [-0.1, -0.05) is 19.8 Å². The molecule has 15 heavy (non-hydrogen) atoms. The van der Waals surface area contributed by atoms with E-state index < -0.39 is 0 Å². The lowest BCUT2D eigenvalue weighted by Gasteiger charge is -2.12. The van der Waals surface area contributed by atoms with Gasteiger partial charge in [-0.25, -0.2) is 0 Å². The van der Waals surface area contributed by atoms with Gasteiger partial charge in [0, 0.05) is 19.3 Å². The molecule has 1 heterocycles. The quantitative estimate of drug-likeness (QED) is 0.745. The van der Waals surface area contributed by atoms with Crippen LogP contribution in [-0.4, -0.2) is 22.4 Å². The summed E-state index contributed by atoms with van der Waals surface area (Å²) in [5.41, 5.74) is 1.31. The van der Waals surface area contributed by atoms with Gasteiger partial charge in [-0.15, -0.1) is 0 Å².